The van der Waals surface area contributed by atoms with Crippen molar-refractivity contribution >= 4 is 51.5 Å². The number of benzene rings is 1. The Hall–Kier alpha value is -1.56. The fourth-order valence-electron chi connectivity index (χ4n) is 2.64. The van der Waals surface area contributed by atoms with Gasteiger partial charge in [0.15, 0.2) is 5.13 Å². The third-order valence-electron chi connectivity index (χ3n) is 3.85. The van der Waals surface area contributed by atoms with E-state index in [1.165, 1.54) is 0 Å². The molecule has 0 saturated carbocycles. The van der Waals surface area contributed by atoms with Crippen LogP contribution >= 0.6 is 36.2 Å². The number of thiazole rings is 1. The first-order valence-electron chi connectivity index (χ1n) is 7.36. The van der Waals surface area contributed by atoms with Gasteiger partial charge in [0.05, 0.1) is 10.2 Å². The summed E-state index contributed by atoms with van der Waals surface area (Å²) in [5.74, 6) is 0.373. The molecular weight excluding hydrogens is 365 g/mol. The molecule has 0 aliphatic carbocycles. The molecule has 1 aromatic carbocycles. The van der Waals surface area contributed by atoms with Gasteiger partial charge in [-0.25, -0.2) is 4.98 Å². The second kappa shape index (κ2) is 8.51. The quantitative estimate of drug-likeness (QED) is 0.671. The average molecular weight is 386 g/mol. The zero-order valence-electron chi connectivity index (χ0n) is 13.8. The number of aromatic nitrogens is 2. The molecule has 2 N–H and O–H groups in total. The summed E-state index contributed by atoms with van der Waals surface area (Å²) in [6.45, 7) is 6.80. The SMILES string of the molecule is CCNc1nc2c(Cc3cccnc3)c(C)c(O)c(C)c2s1.Cl.Cl. The molecule has 0 fully saturated rings. The van der Waals surface area contributed by atoms with Gasteiger partial charge in [-0.05, 0) is 43.5 Å². The molecule has 0 bridgehead atoms. The highest BCUT2D eigenvalue weighted by Gasteiger charge is 2.18. The van der Waals surface area contributed by atoms with Crippen LogP contribution in [0.5, 0.6) is 5.75 Å². The van der Waals surface area contributed by atoms with Crippen LogP contribution in [0.1, 0.15) is 29.2 Å². The van der Waals surface area contributed by atoms with Crippen LogP contribution in [0.25, 0.3) is 10.2 Å². The predicted octanol–water partition coefficient (Wildman–Crippen LogP) is 4.88. The van der Waals surface area contributed by atoms with E-state index in [1.807, 2.05) is 32.2 Å². The minimum Gasteiger partial charge on any atom is -0.507 e. The second-order valence-electron chi connectivity index (χ2n) is 5.34. The molecule has 7 heteroatoms. The molecule has 3 rings (SSSR count). The molecule has 0 atom stereocenters. The highest BCUT2D eigenvalue weighted by atomic mass is 35.5. The van der Waals surface area contributed by atoms with Gasteiger partial charge in [-0.3, -0.25) is 4.98 Å². The van der Waals surface area contributed by atoms with Gasteiger partial charge in [0.25, 0.3) is 0 Å². The van der Waals surface area contributed by atoms with Crippen molar-refractivity contribution in [3.05, 3.63) is 46.8 Å². The first kappa shape index (κ1) is 20.5. The van der Waals surface area contributed by atoms with E-state index in [0.29, 0.717) is 5.75 Å². The summed E-state index contributed by atoms with van der Waals surface area (Å²) in [6.07, 6.45) is 4.35. The summed E-state index contributed by atoms with van der Waals surface area (Å²) in [5, 5.41) is 14.6. The molecule has 0 aliphatic rings. The summed E-state index contributed by atoms with van der Waals surface area (Å²) in [6, 6.07) is 3.98. The largest absolute Gasteiger partial charge is 0.507 e. The number of phenolic OH excluding ortho intramolecular Hbond substituents is 1. The molecule has 3 aromatic rings. The van der Waals surface area contributed by atoms with E-state index in [-0.39, 0.29) is 24.8 Å². The molecule has 0 aliphatic heterocycles. The molecule has 2 aromatic heterocycles. The Morgan fingerprint density at radius 2 is 1.96 bits per heavy atom. The van der Waals surface area contributed by atoms with Gasteiger partial charge < -0.3 is 10.4 Å². The molecule has 0 saturated heterocycles. The van der Waals surface area contributed by atoms with Gasteiger partial charge >= 0.3 is 0 Å². The Morgan fingerprint density at radius 1 is 1.21 bits per heavy atom. The van der Waals surface area contributed by atoms with Crippen molar-refractivity contribution in [2.45, 2.75) is 27.2 Å². The minimum atomic E-state index is 0. The number of fused-ring (bicyclic) bond motifs is 1. The second-order valence-corrected chi connectivity index (χ2v) is 6.34. The number of pyridine rings is 1. The van der Waals surface area contributed by atoms with Crippen molar-refractivity contribution in [2.24, 2.45) is 0 Å². The number of phenols is 1. The van der Waals surface area contributed by atoms with Crippen LogP contribution in [0.15, 0.2) is 24.5 Å². The predicted molar refractivity (Wildman–Crippen MR) is 106 cm³/mol. The molecule has 130 valence electrons. The molecule has 2 heterocycles. The first-order valence-corrected chi connectivity index (χ1v) is 8.17. The lowest BCUT2D eigenvalue weighted by Crippen LogP contribution is -1.98. The summed E-state index contributed by atoms with van der Waals surface area (Å²) >= 11 is 1.60. The Labute approximate surface area is 158 Å². The number of rotatable bonds is 4. The van der Waals surface area contributed by atoms with E-state index >= 15 is 0 Å². The third-order valence-corrected chi connectivity index (χ3v) is 4.98. The summed E-state index contributed by atoms with van der Waals surface area (Å²) in [4.78, 5) is 8.91. The smallest absolute Gasteiger partial charge is 0.183 e. The van der Waals surface area contributed by atoms with E-state index in [9.17, 15) is 5.11 Å². The lowest BCUT2D eigenvalue weighted by Gasteiger charge is -2.11. The molecule has 4 nitrogen and oxygen atoms in total. The molecule has 0 spiro atoms. The van der Waals surface area contributed by atoms with Crippen molar-refractivity contribution in [2.75, 3.05) is 11.9 Å². The Morgan fingerprint density at radius 3 is 2.58 bits per heavy atom. The van der Waals surface area contributed by atoms with Crippen molar-refractivity contribution in [3.63, 3.8) is 0 Å². The van der Waals surface area contributed by atoms with Gasteiger partial charge in [-0.2, -0.15) is 0 Å². The van der Waals surface area contributed by atoms with Gasteiger partial charge in [-0.1, -0.05) is 17.4 Å². The van der Waals surface area contributed by atoms with Gasteiger partial charge in [0, 0.05) is 30.9 Å². The Kier molecular flexibility index (Phi) is 7.27. The van der Waals surface area contributed by atoms with Crippen LogP contribution in [-0.4, -0.2) is 21.6 Å². The van der Waals surface area contributed by atoms with E-state index < -0.39 is 0 Å². The van der Waals surface area contributed by atoms with E-state index in [2.05, 4.69) is 17.2 Å². The fraction of sp³-hybridized carbons (Fsp3) is 0.294. The molecule has 24 heavy (non-hydrogen) atoms. The Bertz CT molecular complexity index is 822. The Balaban J connectivity index is 0.00000144. The topological polar surface area (TPSA) is 58.0 Å². The monoisotopic (exact) mass is 385 g/mol. The maximum absolute atomic E-state index is 10.4. The number of halogens is 2. The lowest BCUT2D eigenvalue weighted by molar-refractivity contribution is 0.467. The summed E-state index contributed by atoms with van der Waals surface area (Å²) < 4.78 is 1.05. The van der Waals surface area contributed by atoms with Crippen molar-refractivity contribution in [3.8, 4) is 5.75 Å². The number of nitrogens with one attached hydrogen (secondary N) is 1. The van der Waals surface area contributed by atoms with E-state index in [1.54, 1.807) is 17.5 Å². The number of aromatic hydroxyl groups is 1. The number of aryl methyl sites for hydroxylation is 1. The van der Waals surface area contributed by atoms with Crippen molar-refractivity contribution < 1.29 is 5.11 Å². The third kappa shape index (κ3) is 3.74. The maximum atomic E-state index is 10.4. The van der Waals surface area contributed by atoms with Crippen LogP contribution in [0.3, 0.4) is 0 Å². The van der Waals surface area contributed by atoms with Crippen LogP contribution in [0, 0.1) is 13.8 Å². The highest BCUT2D eigenvalue weighted by Crippen LogP contribution is 2.39. The van der Waals surface area contributed by atoms with E-state index in [0.717, 1.165) is 50.6 Å². The van der Waals surface area contributed by atoms with E-state index in [4.69, 9.17) is 4.98 Å². The molecule has 0 amide bonds. The molecular formula is C17H21Cl2N3OS. The highest BCUT2D eigenvalue weighted by molar-refractivity contribution is 7.22. The van der Waals surface area contributed by atoms with Gasteiger partial charge in [0.1, 0.15) is 5.75 Å². The van der Waals surface area contributed by atoms with Crippen molar-refractivity contribution in [1.29, 1.82) is 0 Å². The normalized spacial score (nSPS) is 10.1. The average Bonchev–Trinajstić information content (AvgIpc) is 2.95. The minimum absolute atomic E-state index is 0. The van der Waals surface area contributed by atoms with Crippen LogP contribution in [-0.2, 0) is 6.42 Å². The van der Waals surface area contributed by atoms with Crippen LogP contribution in [0.4, 0.5) is 5.13 Å². The van der Waals surface area contributed by atoms with Gasteiger partial charge in [0.2, 0.25) is 0 Å². The number of nitrogens with zero attached hydrogens (tertiary/aromatic N) is 2. The lowest BCUT2D eigenvalue weighted by atomic mass is 9.97. The summed E-state index contributed by atoms with van der Waals surface area (Å²) in [5.41, 5.74) is 4.99. The number of hydrogen-bond acceptors (Lipinski definition) is 5. The standard InChI is InChI=1S/C17H19N3OS.2ClH/c1-4-19-17-20-14-13(8-12-6-5-7-18-9-12)10(2)15(21)11(3)16(14)22-17;;/h5-7,9,21H,4,8H2,1-3H3,(H,19,20);2*1H. The maximum Gasteiger partial charge on any atom is 0.183 e. The number of hydrogen-bond donors (Lipinski definition) is 2. The summed E-state index contributed by atoms with van der Waals surface area (Å²) in [7, 11) is 0. The molecule has 0 unspecified atom stereocenters. The fourth-order valence-corrected chi connectivity index (χ4v) is 3.70. The van der Waals surface area contributed by atoms with Crippen LogP contribution in [0.2, 0.25) is 0 Å². The van der Waals surface area contributed by atoms with Crippen LogP contribution < -0.4 is 5.32 Å². The first-order chi connectivity index (χ1) is 10.6. The van der Waals surface area contributed by atoms with Gasteiger partial charge in [-0.15, -0.1) is 24.8 Å². The number of anilines is 1. The zero-order valence-corrected chi connectivity index (χ0v) is 16.2. The molecule has 0 radical (unpaired) electrons. The van der Waals surface area contributed by atoms with Crippen molar-refractivity contribution in [1.82, 2.24) is 9.97 Å². The zero-order chi connectivity index (χ0) is 15.7.